The van der Waals surface area contributed by atoms with Gasteiger partial charge in [0, 0.05) is 0 Å². The van der Waals surface area contributed by atoms with Gasteiger partial charge in [0.2, 0.25) is 0 Å². The van der Waals surface area contributed by atoms with E-state index in [1.54, 1.807) is 7.11 Å². The van der Waals surface area contributed by atoms with E-state index in [1.807, 2.05) is 24.3 Å². The molecule has 0 aliphatic heterocycles. The number of hydrogen-bond acceptors (Lipinski definition) is 3. The number of methoxy groups -OCH3 is 1. The molecule has 0 unspecified atom stereocenters. The van der Waals surface area contributed by atoms with E-state index in [-0.39, 0.29) is 0 Å². The van der Waals surface area contributed by atoms with Crippen LogP contribution in [0.2, 0.25) is 0 Å². The Labute approximate surface area is 114 Å². The van der Waals surface area contributed by atoms with Crippen molar-refractivity contribution in [1.29, 1.82) is 0 Å². The minimum atomic E-state index is -0.799. The van der Waals surface area contributed by atoms with Gasteiger partial charge in [0.1, 0.15) is 11.8 Å². The fraction of sp³-hybridized carbons (Fsp3) is 0.533. The number of nitrogens with one attached hydrogen (secondary N) is 1. The fourth-order valence-corrected chi connectivity index (χ4v) is 1.90. The molecule has 0 spiro atoms. The predicted octanol–water partition coefficient (Wildman–Crippen LogP) is 2.47. The van der Waals surface area contributed by atoms with Crippen molar-refractivity contribution in [1.82, 2.24) is 5.32 Å². The van der Waals surface area contributed by atoms with Gasteiger partial charge >= 0.3 is 5.97 Å². The second kappa shape index (κ2) is 8.53. The largest absolute Gasteiger partial charge is 0.497 e. The van der Waals surface area contributed by atoms with Gasteiger partial charge in [-0.3, -0.25) is 4.79 Å². The standard InChI is InChI=1S/C15H23NO3/c1-3-4-5-10-16-14(15(17)18)11-12-6-8-13(19-2)9-7-12/h6-9,14,16H,3-5,10-11H2,1-2H3,(H,17,18)/t14-/m0/s1. The van der Waals surface area contributed by atoms with Crippen LogP contribution in [0.15, 0.2) is 24.3 Å². The molecule has 0 aliphatic rings. The van der Waals surface area contributed by atoms with Gasteiger partial charge in [0.25, 0.3) is 0 Å². The van der Waals surface area contributed by atoms with Crippen molar-refractivity contribution in [3.8, 4) is 5.75 Å². The summed E-state index contributed by atoms with van der Waals surface area (Å²) in [5.41, 5.74) is 0.996. The van der Waals surface area contributed by atoms with Gasteiger partial charge in [-0.25, -0.2) is 0 Å². The Bertz CT molecular complexity index is 375. The van der Waals surface area contributed by atoms with Crippen LogP contribution in [-0.2, 0) is 11.2 Å². The molecule has 0 aliphatic carbocycles. The number of hydrogen-bond donors (Lipinski definition) is 2. The maximum atomic E-state index is 11.2. The van der Waals surface area contributed by atoms with Crippen molar-refractivity contribution >= 4 is 5.97 Å². The quantitative estimate of drug-likeness (QED) is 0.673. The lowest BCUT2D eigenvalue weighted by Gasteiger charge is -2.14. The summed E-state index contributed by atoms with van der Waals surface area (Å²) >= 11 is 0. The van der Waals surface area contributed by atoms with Gasteiger partial charge in [0.15, 0.2) is 0 Å². The minimum Gasteiger partial charge on any atom is -0.497 e. The average Bonchev–Trinajstić information content (AvgIpc) is 2.42. The zero-order valence-corrected chi connectivity index (χ0v) is 11.7. The summed E-state index contributed by atoms with van der Waals surface area (Å²) in [7, 11) is 1.62. The monoisotopic (exact) mass is 265 g/mol. The predicted molar refractivity (Wildman–Crippen MR) is 75.6 cm³/mol. The third kappa shape index (κ3) is 5.75. The Kier molecular flexibility index (Phi) is 6.97. The third-order valence-electron chi connectivity index (χ3n) is 3.07. The van der Waals surface area contributed by atoms with Crippen LogP contribution in [-0.4, -0.2) is 30.8 Å². The molecule has 0 saturated carbocycles. The molecule has 106 valence electrons. The van der Waals surface area contributed by atoms with Gasteiger partial charge in [-0.1, -0.05) is 31.9 Å². The van der Waals surface area contributed by atoms with Crippen LogP contribution < -0.4 is 10.1 Å². The van der Waals surface area contributed by atoms with Crippen molar-refractivity contribution in [2.24, 2.45) is 0 Å². The number of aliphatic carboxylic acids is 1. The summed E-state index contributed by atoms with van der Waals surface area (Å²) < 4.78 is 5.08. The number of carboxylic acids is 1. The first-order valence-electron chi connectivity index (χ1n) is 6.76. The van der Waals surface area contributed by atoms with Crippen molar-refractivity contribution in [3.63, 3.8) is 0 Å². The van der Waals surface area contributed by atoms with Gasteiger partial charge in [-0.05, 0) is 37.1 Å². The maximum Gasteiger partial charge on any atom is 0.321 e. The molecule has 1 aromatic carbocycles. The molecule has 0 radical (unpaired) electrons. The summed E-state index contributed by atoms with van der Waals surface area (Å²) in [5, 5.41) is 12.3. The molecule has 4 nitrogen and oxygen atoms in total. The highest BCUT2D eigenvalue weighted by Gasteiger charge is 2.16. The summed E-state index contributed by atoms with van der Waals surface area (Å²) in [6, 6.07) is 6.99. The van der Waals surface area contributed by atoms with E-state index >= 15 is 0 Å². The number of unbranched alkanes of at least 4 members (excludes halogenated alkanes) is 2. The average molecular weight is 265 g/mol. The molecule has 0 fully saturated rings. The molecular formula is C15H23NO3. The maximum absolute atomic E-state index is 11.2. The summed E-state index contributed by atoms with van der Waals surface area (Å²) in [6.07, 6.45) is 3.77. The van der Waals surface area contributed by atoms with Crippen LogP contribution in [0.4, 0.5) is 0 Å². The second-order valence-electron chi connectivity index (χ2n) is 4.60. The van der Waals surface area contributed by atoms with E-state index in [4.69, 9.17) is 4.74 Å². The lowest BCUT2D eigenvalue weighted by molar-refractivity contribution is -0.139. The van der Waals surface area contributed by atoms with Crippen LogP contribution in [0.1, 0.15) is 31.7 Å². The summed E-state index contributed by atoms with van der Waals surface area (Å²) in [4.78, 5) is 11.2. The van der Waals surface area contributed by atoms with Crippen molar-refractivity contribution in [2.45, 2.75) is 38.6 Å². The Hall–Kier alpha value is -1.55. The zero-order valence-electron chi connectivity index (χ0n) is 11.7. The van der Waals surface area contributed by atoms with E-state index in [0.29, 0.717) is 6.42 Å². The first-order valence-corrected chi connectivity index (χ1v) is 6.76. The van der Waals surface area contributed by atoms with Gasteiger partial charge in [-0.2, -0.15) is 0 Å². The topological polar surface area (TPSA) is 58.6 Å². The van der Waals surface area contributed by atoms with E-state index in [9.17, 15) is 9.90 Å². The molecule has 0 amide bonds. The molecule has 0 saturated heterocycles. The van der Waals surface area contributed by atoms with Gasteiger partial charge in [0.05, 0.1) is 7.11 Å². The molecule has 0 heterocycles. The van der Waals surface area contributed by atoms with Gasteiger partial charge in [-0.15, -0.1) is 0 Å². The molecule has 1 aromatic rings. The highest BCUT2D eigenvalue weighted by molar-refractivity contribution is 5.73. The number of rotatable bonds is 9. The smallest absolute Gasteiger partial charge is 0.321 e. The Morgan fingerprint density at radius 1 is 1.32 bits per heavy atom. The molecule has 2 N–H and O–H groups in total. The van der Waals surface area contributed by atoms with Gasteiger partial charge < -0.3 is 15.2 Å². The first-order chi connectivity index (χ1) is 9.17. The molecule has 1 atom stereocenters. The van der Waals surface area contributed by atoms with Crippen LogP contribution >= 0.6 is 0 Å². The lowest BCUT2D eigenvalue weighted by Crippen LogP contribution is -2.39. The zero-order chi connectivity index (χ0) is 14.1. The van der Waals surface area contributed by atoms with Crippen molar-refractivity contribution < 1.29 is 14.6 Å². The van der Waals surface area contributed by atoms with E-state index in [0.717, 1.165) is 37.1 Å². The first kappa shape index (κ1) is 15.5. The Balaban J connectivity index is 2.49. The molecule has 0 bridgehead atoms. The van der Waals surface area contributed by atoms with Crippen LogP contribution in [0.25, 0.3) is 0 Å². The van der Waals surface area contributed by atoms with Crippen LogP contribution in [0.3, 0.4) is 0 Å². The number of carbonyl (C=O) groups is 1. The second-order valence-corrected chi connectivity index (χ2v) is 4.60. The highest BCUT2D eigenvalue weighted by Crippen LogP contribution is 2.12. The Morgan fingerprint density at radius 3 is 2.53 bits per heavy atom. The molecule has 1 rings (SSSR count). The van der Waals surface area contributed by atoms with Crippen molar-refractivity contribution in [2.75, 3.05) is 13.7 Å². The highest BCUT2D eigenvalue weighted by atomic mass is 16.5. The van der Waals surface area contributed by atoms with Crippen molar-refractivity contribution in [3.05, 3.63) is 29.8 Å². The molecule has 4 heteroatoms. The van der Waals surface area contributed by atoms with E-state index in [2.05, 4.69) is 12.2 Å². The summed E-state index contributed by atoms with van der Waals surface area (Å²) in [6.45, 7) is 2.88. The molecular weight excluding hydrogens is 242 g/mol. The SMILES string of the molecule is CCCCCN[C@@H](Cc1ccc(OC)cc1)C(=O)O. The number of carboxylic acid groups (broad SMARTS) is 1. The van der Waals surface area contributed by atoms with E-state index < -0.39 is 12.0 Å². The van der Waals surface area contributed by atoms with E-state index in [1.165, 1.54) is 0 Å². The molecule has 0 aromatic heterocycles. The third-order valence-corrected chi connectivity index (χ3v) is 3.07. The molecule has 19 heavy (non-hydrogen) atoms. The minimum absolute atomic E-state index is 0.492. The van der Waals surface area contributed by atoms with Crippen LogP contribution in [0, 0.1) is 0 Å². The fourth-order valence-electron chi connectivity index (χ4n) is 1.90. The Morgan fingerprint density at radius 2 is 2.00 bits per heavy atom. The number of ether oxygens (including phenoxy) is 1. The lowest BCUT2D eigenvalue weighted by atomic mass is 10.1. The normalized spacial score (nSPS) is 12.1. The number of benzene rings is 1. The summed E-state index contributed by atoms with van der Waals surface area (Å²) in [5.74, 6) is -0.0150. The van der Waals surface area contributed by atoms with Crippen LogP contribution in [0.5, 0.6) is 5.75 Å².